The van der Waals surface area contributed by atoms with Gasteiger partial charge in [0.25, 0.3) is 5.91 Å². The molecular weight excluding hydrogens is 328 g/mol. The number of halogens is 2. The van der Waals surface area contributed by atoms with Crippen LogP contribution < -0.4 is 15.5 Å². The number of rotatable bonds is 2. The second-order valence-corrected chi connectivity index (χ2v) is 6.16. The number of hydrogen-bond acceptors (Lipinski definition) is 3. The van der Waals surface area contributed by atoms with Gasteiger partial charge in [0.15, 0.2) is 11.6 Å². The van der Waals surface area contributed by atoms with Gasteiger partial charge in [0.2, 0.25) is 5.91 Å². The van der Waals surface area contributed by atoms with Crippen LogP contribution in [0.25, 0.3) is 0 Å². The van der Waals surface area contributed by atoms with Gasteiger partial charge in [-0.2, -0.15) is 0 Å². The fourth-order valence-electron chi connectivity index (χ4n) is 3.35. The molecule has 128 valence electrons. The number of anilines is 3. The van der Waals surface area contributed by atoms with Crippen molar-refractivity contribution in [3.8, 4) is 0 Å². The van der Waals surface area contributed by atoms with Gasteiger partial charge < -0.3 is 15.5 Å². The zero-order valence-electron chi connectivity index (χ0n) is 13.2. The Kier molecular flexibility index (Phi) is 3.63. The van der Waals surface area contributed by atoms with E-state index in [-0.39, 0.29) is 17.6 Å². The summed E-state index contributed by atoms with van der Waals surface area (Å²) in [7, 11) is 0. The number of amides is 2. The molecule has 0 unspecified atom stereocenters. The molecule has 25 heavy (non-hydrogen) atoms. The van der Waals surface area contributed by atoms with Crippen LogP contribution in [0.2, 0.25) is 0 Å². The first-order chi connectivity index (χ1) is 12.0. The van der Waals surface area contributed by atoms with Gasteiger partial charge in [-0.05, 0) is 43.2 Å². The summed E-state index contributed by atoms with van der Waals surface area (Å²) in [5, 5.41) is 5.36. The van der Waals surface area contributed by atoms with Crippen LogP contribution in [-0.4, -0.2) is 24.4 Å². The number of fused-ring (bicyclic) bond motifs is 3. The van der Waals surface area contributed by atoms with Crippen molar-refractivity contribution in [2.24, 2.45) is 0 Å². The molecule has 2 aliphatic heterocycles. The quantitative estimate of drug-likeness (QED) is 0.881. The first-order valence-corrected chi connectivity index (χ1v) is 8.01. The van der Waals surface area contributed by atoms with Crippen molar-refractivity contribution in [2.75, 3.05) is 22.1 Å². The largest absolute Gasteiger partial charge is 0.358 e. The van der Waals surface area contributed by atoms with Gasteiger partial charge in [-0.3, -0.25) is 9.59 Å². The second-order valence-electron chi connectivity index (χ2n) is 6.16. The molecule has 1 fully saturated rings. The van der Waals surface area contributed by atoms with Gasteiger partial charge in [0.05, 0.1) is 11.4 Å². The van der Waals surface area contributed by atoms with Crippen LogP contribution >= 0.6 is 0 Å². The molecule has 2 heterocycles. The predicted octanol–water partition coefficient (Wildman–Crippen LogP) is 3.14. The summed E-state index contributed by atoms with van der Waals surface area (Å²) in [4.78, 5) is 26.5. The second kappa shape index (κ2) is 5.84. The van der Waals surface area contributed by atoms with Crippen molar-refractivity contribution in [3.63, 3.8) is 0 Å². The monoisotopic (exact) mass is 343 g/mol. The highest BCUT2D eigenvalue weighted by Gasteiger charge is 2.36. The normalized spacial score (nSPS) is 18.4. The minimum atomic E-state index is -1.03. The molecule has 0 aromatic heterocycles. The Morgan fingerprint density at radius 2 is 2.00 bits per heavy atom. The highest BCUT2D eigenvalue weighted by molar-refractivity contribution is 6.08. The number of hydrogen-bond donors (Lipinski definition) is 2. The molecule has 2 N–H and O–H groups in total. The molecule has 2 amide bonds. The van der Waals surface area contributed by atoms with E-state index in [2.05, 4.69) is 10.6 Å². The van der Waals surface area contributed by atoms with Crippen molar-refractivity contribution in [2.45, 2.75) is 18.9 Å². The third-order valence-electron chi connectivity index (χ3n) is 4.56. The first kappa shape index (κ1) is 15.6. The lowest BCUT2D eigenvalue weighted by atomic mass is 10.1. The first-order valence-electron chi connectivity index (χ1n) is 8.01. The fraction of sp³-hybridized carbons (Fsp3) is 0.222. The average Bonchev–Trinajstić information content (AvgIpc) is 3.08. The topological polar surface area (TPSA) is 61.4 Å². The maximum Gasteiger partial charge on any atom is 0.255 e. The average molecular weight is 343 g/mol. The van der Waals surface area contributed by atoms with E-state index in [0.717, 1.165) is 37.2 Å². The Labute approximate surface area is 142 Å². The molecule has 2 aliphatic rings. The Morgan fingerprint density at radius 1 is 1.16 bits per heavy atom. The molecule has 0 aliphatic carbocycles. The molecule has 4 rings (SSSR count). The van der Waals surface area contributed by atoms with E-state index in [9.17, 15) is 18.4 Å². The molecule has 0 spiro atoms. The van der Waals surface area contributed by atoms with E-state index in [1.54, 1.807) is 18.2 Å². The molecule has 5 nitrogen and oxygen atoms in total. The summed E-state index contributed by atoms with van der Waals surface area (Å²) in [5.41, 5.74) is 1.96. The maximum atomic E-state index is 13.2. The van der Waals surface area contributed by atoms with E-state index in [0.29, 0.717) is 11.3 Å². The maximum absolute atomic E-state index is 13.2. The highest BCUT2D eigenvalue weighted by Crippen LogP contribution is 2.37. The lowest BCUT2D eigenvalue weighted by Crippen LogP contribution is -2.43. The van der Waals surface area contributed by atoms with Crippen LogP contribution in [0, 0.1) is 11.6 Å². The van der Waals surface area contributed by atoms with Crippen molar-refractivity contribution >= 4 is 28.9 Å². The van der Waals surface area contributed by atoms with Crippen LogP contribution in [0.15, 0.2) is 36.4 Å². The SMILES string of the molecule is O=C(Nc1ccc(F)c(F)c1)c1ccc2c(c1)NC(=O)[C@@H]1CCCN21. The van der Waals surface area contributed by atoms with Crippen molar-refractivity contribution in [3.05, 3.63) is 53.6 Å². The van der Waals surface area contributed by atoms with Gasteiger partial charge in [-0.15, -0.1) is 0 Å². The zero-order valence-corrected chi connectivity index (χ0v) is 13.2. The summed E-state index contributed by atoms with van der Waals surface area (Å²) < 4.78 is 26.2. The fourth-order valence-corrected chi connectivity index (χ4v) is 3.35. The molecule has 1 atom stereocenters. The Balaban J connectivity index is 1.59. The van der Waals surface area contributed by atoms with Gasteiger partial charge in [-0.25, -0.2) is 8.78 Å². The van der Waals surface area contributed by atoms with Crippen molar-refractivity contribution in [1.29, 1.82) is 0 Å². The van der Waals surface area contributed by atoms with E-state index in [1.807, 2.05) is 4.90 Å². The van der Waals surface area contributed by atoms with Crippen LogP contribution in [0.4, 0.5) is 25.8 Å². The molecule has 0 bridgehead atoms. The lowest BCUT2D eigenvalue weighted by Gasteiger charge is -2.33. The van der Waals surface area contributed by atoms with Gasteiger partial charge in [-0.1, -0.05) is 0 Å². The smallest absolute Gasteiger partial charge is 0.255 e. The van der Waals surface area contributed by atoms with Crippen LogP contribution in [0.1, 0.15) is 23.2 Å². The molecule has 0 saturated carbocycles. The molecule has 0 radical (unpaired) electrons. The van der Waals surface area contributed by atoms with E-state index >= 15 is 0 Å². The molecule has 2 aromatic rings. The number of benzene rings is 2. The van der Waals surface area contributed by atoms with E-state index in [1.165, 1.54) is 6.07 Å². The summed E-state index contributed by atoms with van der Waals surface area (Å²) >= 11 is 0. The van der Waals surface area contributed by atoms with Gasteiger partial charge in [0, 0.05) is 23.9 Å². The third-order valence-corrected chi connectivity index (χ3v) is 4.56. The number of carbonyl (C=O) groups is 2. The van der Waals surface area contributed by atoms with E-state index < -0.39 is 17.5 Å². The summed E-state index contributed by atoms with van der Waals surface area (Å²) in [6.45, 7) is 0.811. The molecular formula is C18H15F2N3O2. The standard InChI is InChI=1S/C18H15F2N3O2/c19-12-5-4-11(9-13(12)20)21-17(24)10-3-6-15-14(8-10)22-18(25)16-2-1-7-23(15)16/h3-6,8-9,16H,1-2,7H2,(H,21,24)(H,22,25)/t16-/m0/s1. The summed E-state index contributed by atoms with van der Waals surface area (Å²) in [6.07, 6.45) is 1.78. The highest BCUT2D eigenvalue weighted by atomic mass is 19.2. The Hall–Kier alpha value is -2.96. The Morgan fingerprint density at radius 3 is 2.80 bits per heavy atom. The summed E-state index contributed by atoms with van der Waals surface area (Å²) in [6, 6.07) is 8.05. The third kappa shape index (κ3) is 2.71. The molecule has 7 heteroatoms. The predicted molar refractivity (Wildman–Crippen MR) is 89.8 cm³/mol. The van der Waals surface area contributed by atoms with Crippen LogP contribution in [0.3, 0.4) is 0 Å². The Bertz CT molecular complexity index is 885. The van der Waals surface area contributed by atoms with Gasteiger partial charge >= 0.3 is 0 Å². The number of nitrogens with zero attached hydrogens (tertiary/aromatic N) is 1. The lowest BCUT2D eigenvalue weighted by molar-refractivity contribution is -0.117. The van der Waals surface area contributed by atoms with Crippen molar-refractivity contribution < 1.29 is 18.4 Å². The summed E-state index contributed by atoms with van der Waals surface area (Å²) in [5.74, 6) is -2.54. The van der Waals surface area contributed by atoms with Gasteiger partial charge in [0.1, 0.15) is 6.04 Å². The molecule has 1 saturated heterocycles. The minimum absolute atomic E-state index is 0.0665. The number of nitrogens with one attached hydrogen (secondary N) is 2. The van der Waals surface area contributed by atoms with Crippen LogP contribution in [0.5, 0.6) is 0 Å². The number of carbonyl (C=O) groups excluding carboxylic acids is 2. The zero-order chi connectivity index (χ0) is 17.6. The minimum Gasteiger partial charge on any atom is -0.358 e. The van der Waals surface area contributed by atoms with Crippen molar-refractivity contribution in [1.82, 2.24) is 0 Å². The van der Waals surface area contributed by atoms with E-state index in [4.69, 9.17) is 0 Å². The van der Waals surface area contributed by atoms with Crippen LogP contribution in [-0.2, 0) is 4.79 Å². The molecule has 2 aromatic carbocycles.